The van der Waals surface area contributed by atoms with Crippen LogP contribution in [0.4, 0.5) is 0 Å². The summed E-state index contributed by atoms with van der Waals surface area (Å²) in [5.74, 6) is -2.43. The molecule has 10 nitrogen and oxygen atoms in total. The summed E-state index contributed by atoms with van der Waals surface area (Å²) in [5.41, 5.74) is 0.0148. The number of hydrogen-bond acceptors (Lipinski definition) is 10. The van der Waals surface area contributed by atoms with Gasteiger partial charge in [-0.05, 0) is 38.5 Å². The molecule has 1 saturated heterocycles. The minimum absolute atomic E-state index is 0.0666. The molecule has 0 amide bonds. The molecular formula is C22H26O10. The third-order valence-electron chi connectivity index (χ3n) is 5.42. The first kappa shape index (κ1) is 24.1. The predicted molar refractivity (Wildman–Crippen MR) is 109 cm³/mol. The van der Waals surface area contributed by atoms with Gasteiger partial charge in [-0.2, -0.15) is 0 Å². The smallest absolute Gasteiger partial charge is 0.196 e. The molecule has 1 aromatic carbocycles. The van der Waals surface area contributed by atoms with E-state index in [1.54, 1.807) is 19.9 Å². The molecule has 0 aromatic heterocycles. The van der Waals surface area contributed by atoms with E-state index in [0.29, 0.717) is 0 Å². The van der Waals surface area contributed by atoms with Gasteiger partial charge in [-0.25, -0.2) is 0 Å². The Hall–Kier alpha value is -2.60. The lowest BCUT2D eigenvalue weighted by Gasteiger charge is -2.41. The summed E-state index contributed by atoms with van der Waals surface area (Å²) in [5, 5.41) is 59.8. The fourth-order valence-corrected chi connectivity index (χ4v) is 3.66. The molecule has 1 aromatic rings. The molecule has 1 aliphatic heterocycles. The number of Topliss-reactive ketones (excluding diaryl/α,β-unsaturated/α-hetero) is 1. The fraction of sp³-hybridized carbons (Fsp3) is 0.455. The van der Waals surface area contributed by atoms with E-state index in [4.69, 9.17) is 9.47 Å². The maximum atomic E-state index is 13.2. The van der Waals surface area contributed by atoms with Gasteiger partial charge in [0.2, 0.25) is 0 Å². The number of ether oxygens (including phenoxy) is 2. The van der Waals surface area contributed by atoms with Crippen molar-refractivity contribution in [3.63, 3.8) is 0 Å². The number of ketones is 2. The highest BCUT2D eigenvalue weighted by Crippen LogP contribution is 2.37. The molecule has 6 N–H and O–H groups in total. The van der Waals surface area contributed by atoms with Crippen LogP contribution in [-0.4, -0.2) is 85.6 Å². The molecule has 0 radical (unpaired) electrons. The van der Waals surface area contributed by atoms with Gasteiger partial charge in [0, 0.05) is 5.57 Å². The molecule has 1 heterocycles. The van der Waals surface area contributed by atoms with E-state index >= 15 is 0 Å². The van der Waals surface area contributed by atoms with Crippen molar-refractivity contribution in [1.82, 2.24) is 0 Å². The highest BCUT2D eigenvalue weighted by atomic mass is 16.7. The number of benzene rings is 1. The van der Waals surface area contributed by atoms with Crippen molar-refractivity contribution in [3.05, 3.63) is 46.6 Å². The van der Waals surface area contributed by atoms with Crippen LogP contribution in [0.3, 0.4) is 0 Å². The van der Waals surface area contributed by atoms with Crippen LogP contribution in [0.5, 0.6) is 11.5 Å². The van der Waals surface area contributed by atoms with Gasteiger partial charge in [0.05, 0.1) is 23.8 Å². The summed E-state index contributed by atoms with van der Waals surface area (Å²) >= 11 is 0. The van der Waals surface area contributed by atoms with Crippen LogP contribution in [0.15, 0.2) is 35.4 Å². The predicted octanol–water partition coefficient (Wildman–Crippen LogP) is -0.0554. The van der Waals surface area contributed by atoms with E-state index in [-0.39, 0.29) is 23.1 Å². The van der Waals surface area contributed by atoms with E-state index in [1.165, 1.54) is 0 Å². The van der Waals surface area contributed by atoms with E-state index in [9.17, 15) is 40.2 Å². The van der Waals surface area contributed by atoms with Crippen molar-refractivity contribution in [2.24, 2.45) is 0 Å². The normalized spacial score (nSPS) is 28.7. The zero-order valence-corrected chi connectivity index (χ0v) is 17.5. The first-order valence-corrected chi connectivity index (χ1v) is 10.0. The van der Waals surface area contributed by atoms with Crippen LogP contribution in [0, 0.1) is 0 Å². The van der Waals surface area contributed by atoms with Crippen molar-refractivity contribution in [3.8, 4) is 11.5 Å². The Labute approximate surface area is 183 Å². The Kier molecular flexibility index (Phi) is 7.13. The summed E-state index contributed by atoms with van der Waals surface area (Å²) in [6.45, 7) is 2.93. The minimum atomic E-state index is -1.71. The molecule has 2 aliphatic rings. The summed E-state index contributed by atoms with van der Waals surface area (Å²) in [7, 11) is 0. The van der Waals surface area contributed by atoms with Crippen molar-refractivity contribution < 1.29 is 49.7 Å². The number of carbonyl (C=O) groups excluding carboxylic acids is 2. The fourth-order valence-electron chi connectivity index (χ4n) is 3.66. The van der Waals surface area contributed by atoms with Crippen molar-refractivity contribution >= 4 is 11.6 Å². The topological polar surface area (TPSA) is 174 Å². The largest absolute Gasteiger partial charge is 0.507 e. The Morgan fingerprint density at radius 3 is 2.28 bits per heavy atom. The lowest BCUT2D eigenvalue weighted by molar-refractivity contribution is -0.307. The number of phenolic OH excluding ortho intramolecular Hbond substituents is 2. The first-order chi connectivity index (χ1) is 15.1. The lowest BCUT2D eigenvalue weighted by atomic mass is 9.85. The molecule has 0 saturated carbocycles. The van der Waals surface area contributed by atoms with E-state index in [1.807, 2.05) is 0 Å². The SMILES string of the molecule is CC(C)=CCC(O[C@@H]1O[C@H](CO)[C@@H](O)[C@H](O)[C@@H]1O)C1=CC(=O)c2c(O)ccc(O)c2C1=O. The molecule has 6 atom stereocenters. The highest BCUT2D eigenvalue weighted by Gasteiger charge is 2.46. The van der Waals surface area contributed by atoms with Crippen LogP contribution < -0.4 is 0 Å². The third-order valence-corrected chi connectivity index (χ3v) is 5.42. The second-order valence-corrected chi connectivity index (χ2v) is 7.99. The Morgan fingerprint density at radius 1 is 1.06 bits per heavy atom. The van der Waals surface area contributed by atoms with Gasteiger partial charge >= 0.3 is 0 Å². The second kappa shape index (κ2) is 9.49. The van der Waals surface area contributed by atoms with Crippen LogP contribution in [0.2, 0.25) is 0 Å². The standard InChI is InChI=1S/C22H26O10/c1-9(2)3-6-14(31-22-21(30)20(29)19(28)15(8-23)32-22)10-7-13(26)16-11(24)4-5-12(25)17(16)18(10)27/h3-5,7,14-15,19-25,28-30H,6,8H2,1-2H3/t14?,15-,19-,20+,21+,22-/m1/s1. The number of carbonyl (C=O) groups is 2. The van der Waals surface area contributed by atoms with Gasteiger partial charge < -0.3 is 40.1 Å². The highest BCUT2D eigenvalue weighted by molar-refractivity contribution is 6.27. The Morgan fingerprint density at radius 2 is 1.69 bits per heavy atom. The number of allylic oxidation sites excluding steroid dienone is 2. The van der Waals surface area contributed by atoms with Gasteiger partial charge in [-0.3, -0.25) is 9.59 Å². The average Bonchev–Trinajstić information content (AvgIpc) is 2.75. The number of phenols is 2. The number of aliphatic hydroxyl groups excluding tert-OH is 4. The number of hydrogen-bond donors (Lipinski definition) is 6. The number of aliphatic hydroxyl groups is 4. The maximum absolute atomic E-state index is 13.2. The molecule has 174 valence electrons. The van der Waals surface area contributed by atoms with Gasteiger partial charge in [0.25, 0.3) is 0 Å². The number of fused-ring (bicyclic) bond motifs is 1. The zero-order chi connectivity index (χ0) is 23.7. The van der Waals surface area contributed by atoms with E-state index < -0.39 is 66.5 Å². The summed E-state index contributed by atoms with van der Waals surface area (Å²) < 4.78 is 11.1. The molecule has 1 fully saturated rings. The van der Waals surface area contributed by atoms with E-state index in [2.05, 4.69) is 0 Å². The minimum Gasteiger partial charge on any atom is -0.507 e. The van der Waals surface area contributed by atoms with Crippen LogP contribution in [-0.2, 0) is 9.47 Å². The molecule has 1 aliphatic carbocycles. The van der Waals surface area contributed by atoms with Crippen molar-refractivity contribution in [2.75, 3.05) is 6.61 Å². The molecule has 0 spiro atoms. The van der Waals surface area contributed by atoms with Gasteiger partial charge in [-0.1, -0.05) is 11.6 Å². The number of aromatic hydroxyl groups is 2. The number of rotatable bonds is 6. The van der Waals surface area contributed by atoms with Crippen molar-refractivity contribution in [2.45, 2.75) is 57.1 Å². The maximum Gasteiger partial charge on any atom is 0.196 e. The van der Waals surface area contributed by atoms with Crippen LogP contribution in [0.25, 0.3) is 0 Å². The van der Waals surface area contributed by atoms with Crippen LogP contribution >= 0.6 is 0 Å². The molecular weight excluding hydrogens is 424 g/mol. The lowest BCUT2D eigenvalue weighted by Crippen LogP contribution is -2.59. The summed E-state index contributed by atoms with van der Waals surface area (Å²) in [6, 6.07) is 2.19. The van der Waals surface area contributed by atoms with Crippen LogP contribution in [0.1, 0.15) is 41.0 Å². The quantitative estimate of drug-likeness (QED) is 0.255. The van der Waals surface area contributed by atoms with Gasteiger partial charge in [0.1, 0.15) is 35.9 Å². The molecule has 0 bridgehead atoms. The Bertz CT molecular complexity index is 960. The van der Waals surface area contributed by atoms with Gasteiger partial charge in [-0.15, -0.1) is 0 Å². The van der Waals surface area contributed by atoms with Crippen molar-refractivity contribution in [1.29, 1.82) is 0 Å². The molecule has 10 heteroatoms. The third kappa shape index (κ3) is 4.46. The summed E-state index contributed by atoms with van der Waals surface area (Å²) in [4.78, 5) is 25.8. The summed E-state index contributed by atoms with van der Waals surface area (Å²) in [6.07, 6.45) is -6.13. The molecule has 1 unspecified atom stereocenters. The molecule has 3 rings (SSSR count). The monoisotopic (exact) mass is 450 g/mol. The first-order valence-electron chi connectivity index (χ1n) is 10.0. The average molecular weight is 450 g/mol. The van der Waals surface area contributed by atoms with E-state index in [0.717, 1.165) is 23.8 Å². The molecule has 32 heavy (non-hydrogen) atoms. The second-order valence-electron chi connectivity index (χ2n) is 7.99. The Balaban J connectivity index is 1.98. The van der Waals surface area contributed by atoms with Gasteiger partial charge in [0.15, 0.2) is 17.9 Å². The zero-order valence-electron chi connectivity index (χ0n) is 17.5.